The molecule has 2 rings (SSSR count). The second-order valence-electron chi connectivity index (χ2n) is 4.71. The van der Waals surface area contributed by atoms with E-state index in [1.54, 1.807) is 0 Å². The van der Waals surface area contributed by atoms with Crippen LogP contribution in [0, 0.1) is 0 Å². The summed E-state index contributed by atoms with van der Waals surface area (Å²) in [5.74, 6) is 0.874. The van der Waals surface area contributed by atoms with Gasteiger partial charge in [-0.05, 0) is 23.8 Å². The first-order valence-electron chi connectivity index (χ1n) is 7.39. The van der Waals surface area contributed by atoms with Crippen LogP contribution in [0.25, 0.3) is 10.8 Å². The van der Waals surface area contributed by atoms with Crippen molar-refractivity contribution in [2.75, 3.05) is 33.0 Å². The number of aliphatic hydroxyl groups is 1. The fraction of sp³-hybridized carbons (Fsp3) is 0.412. The van der Waals surface area contributed by atoms with E-state index >= 15 is 0 Å². The number of nitrogens with one attached hydrogen (secondary N) is 1. The SMILES string of the molecule is CCOCCOc1ccc2ccccc2c1CNCCO. The van der Waals surface area contributed by atoms with Gasteiger partial charge in [-0.15, -0.1) is 0 Å². The Kier molecular flexibility index (Phi) is 6.47. The Labute approximate surface area is 125 Å². The maximum Gasteiger partial charge on any atom is 0.124 e. The second-order valence-corrected chi connectivity index (χ2v) is 4.71. The number of hydrogen-bond donors (Lipinski definition) is 2. The topological polar surface area (TPSA) is 50.7 Å². The van der Waals surface area contributed by atoms with Crippen LogP contribution in [0.3, 0.4) is 0 Å². The number of aliphatic hydroxyl groups excluding tert-OH is 1. The van der Waals surface area contributed by atoms with Gasteiger partial charge in [0.2, 0.25) is 0 Å². The highest BCUT2D eigenvalue weighted by molar-refractivity contribution is 5.87. The summed E-state index contributed by atoms with van der Waals surface area (Å²) in [6, 6.07) is 12.3. The van der Waals surface area contributed by atoms with E-state index in [1.165, 1.54) is 10.8 Å². The Morgan fingerprint density at radius 3 is 2.76 bits per heavy atom. The van der Waals surface area contributed by atoms with Crippen LogP contribution in [-0.2, 0) is 11.3 Å². The smallest absolute Gasteiger partial charge is 0.124 e. The summed E-state index contributed by atoms with van der Waals surface area (Å²) in [5, 5.41) is 14.5. The molecule has 0 amide bonds. The van der Waals surface area contributed by atoms with E-state index < -0.39 is 0 Å². The molecule has 0 bridgehead atoms. The summed E-state index contributed by atoms with van der Waals surface area (Å²) < 4.78 is 11.2. The van der Waals surface area contributed by atoms with E-state index in [9.17, 15) is 0 Å². The Bertz CT molecular complexity index is 557. The van der Waals surface area contributed by atoms with Gasteiger partial charge < -0.3 is 19.9 Å². The Balaban J connectivity index is 2.18. The quantitative estimate of drug-likeness (QED) is 0.696. The molecule has 0 unspecified atom stereocenters. The molecule has 2 aromatic carbocycles. The van der Waals surface area contributed by atoms with Crippen molar-refractivity contribution in [2.45, 2.75) is 13.5 Å². The molecule has 0 saturated carbocycles. The van der Waals surface area contributed by atoms with Crippen molar-refractivity contribution in [3.63, 3.8) is 0 Å². The summed E-state index contributed by atoms with van der Waals surface area (Å²) in [7, 11) is 0. The average Bonchev–Trinajstić information content (AvgIpc) is 2.53. The Morgan fingerprint density at radius 2 is 1.95 bits per heavy atom. The summed E-state index contributed by atoms with van der Waals surface area (Å²) in [6.07, 6.45) is 0. The van der Waals surface area contributed by atoms with Crippen LogP contribution in [0.4, 0.5) is 0 Å². The molecule has 2 N–H and O–H groups in total. The molecule has 0 heterocycles. The van der Waals surface area contributed by atoms with E-state index in [0.717, 1.165) is 11.3 Å². The summed E-state index contributed by atoms with van der Waals surface area (Å²) in [5.41, 5.74) is 1.12. The van der Waals surface area contributed by atoms with Gasteiger partial charge in [0.1, 0.15) is 12.4 Å². The van der Waals surface area contributed by atoms with Gasteiger partial charge in [-0.2, -0.15) is 0 Å². The third kappa shape index (κ3) is 4.43. The number of fused-ring (bicyclic) bond motifs is 1. The van der Waals surface area contributed by atoms with E-state index in [-0.39, 0.29) is 6.61 Å². The monoisotopic (exact) mass is 289 g/mol. The molecular weight excluding hydrogens is 266 g/mol. The van der Waals surface area contributed by atoms with Crippen molar-refractivity contribution in [3.8, 4) is 5.75 Å². The van der Waals surface area contributed by atoms with Crippen molar-refractivity contribution in [3.05, 3.63) is 42.0 Å². The van der Waals surface area contributed by atoms with E-state index in [4.69, 9.17) is 14.6 Å². The van der Waals surface area contributed by atoms with Crippen molar-refractivity contribution in [2.24, 2.45) is 0 Å². The van der Waals surface area contributed by atoms with Crippen LogP contribution < -0.4 is 10.1 Å². The second kappa shape index (κ2) is 8.62. The summed E-state index contributed by atoms with van der Waals surface area (Å²) in [6.45, 7) is 5.18. The van der Waals surface area contributed by atoms with Crippen LogP contribution in [0.5, 0.6) is 5.75 Å². The zero-order valence-electron chi connectivity index (χ0n) is 12.5. The van der Waals surface area contributed by atoms with Crippen LogP contribution >= 0.6 is 0 Å². The maximum atomic E-state index is 8.92. The number of ether oxygens (including phenoxy) is 2. The molecule has 21 heavy (non-hydrogen) atoms. The minimum Gasteiger partial charge on any atom is -0.491 e. The summed E-state index contributed by atoms with van der Waals surface area (Å²) in [4.78, 5) is 0. The first-order valence-corrected chi connectivity index (χ1v) is 7.39. The average molecular weight is 289 g/mol. The molecule has 0 atom stereocenters. The Morgan fingerprint density at radius 1 is 1.10 bits per heavy atom. The Hall–Kier alpha value is -1.62. The van der Waals surface area contributed by atoms with Crippen molar-refractivity contribution >= 4 is 10.8 Å². The summed E-state index contributed by atoms with van der Waals surface area (Å²) >= 11 is 0. The van der Waals surface area contributed by atoms with Crippen LogP contribution in [0.1, 0.15) is 12.5 Å². The zero-order valence-corrected chi connectivity index (χ0v) is 12.5. The van der Waals surface area contributed by atoms with Crippen molar-refractivity contribution in [1.82, 2.24) is 5.32 Å². The van der Waals surface area contributed by atoms with Crippen LogP contribution in [0.2, 0.25) is 0 Å². The molecular formula is C17H23NO3. The lowest BCUT2D eigenvalue weighted by Gasteiger charge is -2.15. The van der Waals surface area contributed by atoms with Gasteiger partial charge in [0.05, 0.1) is 13.2 Å². The molecule has 0 fully saturated rings. The number of rotatable bonds is 9. The van der Waals surface area contributed by atoms with Crippen LogP contribution in [0.15, 0.2) is 36.4 Å². The van der Waals surface area contributed by atoms with E-state index in [0.29, 0.717) is 32.9 Å². The fourth-order valence-corrected chi connectivity index (χ4v) is 2.28. The minimum absolute atomic E-state index is 0.130. The standard InChI is InChI=1S/C17H23NO3/c1-2-20-11-12-21-17-8-7-14-5-3-4-6-15(14)16(17)13-18-9-10-19/h3-8,18-19H,2,9-13H2,1H3. The van der Waals surface area contributed by atoms with Crippen LogP contribution in [-0.4, -0.2) is 38.1 Å². The molecule has 0 radical (unpaired) electrons. The third-order valence-electron chi connectivity index (χ3n) is 3.28. The highest BCUT2D eigenvalue weighted by atomic mass is 16.5. The number of benzene rings is 2. The van der Waals surface area contributed by atoms with Gasteiger partial charge in [-0.25, -0.2) is 0 Å². The van der Waals surface area contributed by atoms with Gasteiger partial charge in [0.15, 0.2) is 0 Å². The van der Waals surface area contributed by atoms with Crippen molar-refractivity contribution < 1.29 is 14.6 Å². The van der Waals surface area contributed by atoms with Gasteiger partial charge in [0.25, 0.3) is 0 Å². The van der Waals surface area contributed by atoms with Gasteiger partial charge in [-0.1, -0.05) is 30.3 Å². The predicted octanol–water partition coefficient (Wildman–Crippen LogP) is 2.34. The molecule has 114 valence electrons. The van der Waals surface area contributed by atoms with Gasteiger partial charge in [-0.3, -0.25) is 0 Å². The van der Waals surface area contributed by atoms with Gasteiger partial charge >= 0.3 is 0 Å². The highest BCUT2D eigenvalue weighted by Gasteiger charge is 2.08. The number of hydrogen-bond acceptors (Lipinski definition) is 4. The molecule has 0 aliphatic rings. The molecule has 4 heteroatoms. The lowest BCUT2D eigenvalue weighted by molar-refractivity contribution is 0.110. The lowest BCUT2D eigenvalue weighted by atomic mass is 10.0. The molecule has 2 aromatic rings. The first kappa shape index (κ1) is 15.8. The largest absolute Gasteiger partial charge is 0.491 e. The normalized spacial score (nSPS) is 11.0. The molecule has 0 aliphatic carbocycles. The predicted molar refractivity (Wildman–Crippen MR) is 84.7 cm³/mol. The van der Waals surface area contributed by atoms with E-state index in [1.807, 2.05) is 25.1 Å². The molecule has 0 spiro atoms. The maximum absolute atomic E-state index is 8.92. The van der Waals surface area contributed by atoms with Crippen molar-refractivity contribution in [1.29, 1.82) is 0 Å². The molecule has 4 nitrogen and oxygen atoms in total. The molecule has 0 aliphatic heterocycles. The van der Waals surface area contributed by atoms with E-state index in [2.05, 4.69) is 23.5 Å². The lowest BCUT2D eigenvalue weighted by Crippen LogP contribution is -2.18. The zero-order chi connectivity index (χ0) is 14.9. The molecule has 0 aromatic heterocycles. The highest BCUT2D eigenvalue weighted by Crippen LogP contribution is 2.28. The first-order chi connectivity index (χ1) is 10.4. The minimum atomic E-state index is 0.130. The third-order valence-corrected chi connectivity index (χ3v) is 3.28. The fourth-order valence-electron chi connectivity index (χ4n) is 2.28. The molecule has 0 saturated heterocycles. The van der Waals surface area contributed by atoms with Gasteiger partial charge in [0, 0.05) is 25.3 Å².